The Morgan fingerprint density at radius 2 is 2.00 bits per heavy atom. The maximum Gasteiger partial charge on any atom is 0.263 e. The lowest BCUT2D eigenvalue weighted by molar-refractivity contribution is 0.600. The highest BCUT2D eigenvalue weighted by Gasteiger charge is 2.21. The first kappa shape index (κ1) is 16.2. The van der Waals surface area contributed by atoms with Gasteiger partial charge in [0.15, 0.2) is 5.13 Å². The Morgan fingerprint density at radius 1 is 1.33 bits per heavy atom. The number of benzene rings is 1. The van der Waals surface area contributed by atoms with E-state index in [1.807, 2.05) is 13.8 Å². The number of hydrogen-bond acceptors (Lipinski definition) is 5. The topological polar surface area (TPSA) is 85.1 Å². The maximum absolute atomic E-state index is 12.5. The molecule has 1 heterocycles. The van der Waals surface area contributed by atoms with Gasteiger partial charge in [-0.25, -0.2) is 13.4 Å². The predicted molar refractivity (Wildman–Crippen MR) is 86.5 cm³/mol. The van der Waals surface area contributed by atoms with Crippen LogP contribution in [-0.2, 0) is 16.6 Å². The van der Waals surface area contributed by atoms with Crippen molar-refractivity contribution in [1.82, 2.24) is 4.98 Å². The molecular formula is C13H16ClN3O2S2. The average Bonchev–Trinajstić information content (AvgIpc) is 2.69. The van der Waals surface area contributed by atoms with Gasteiger partial charge in [-0.05, 0) is 44.0 Å². The summed E-state index contributed by atoms with van der Waals surface area (Å²) in [7, 11) is -3.74. The largest absolute Gasteiger partial charge is 0.326 e. The number of anilines is 1. The molecule has 3 N–H and O–H groups in total. The van der Waals surface area contributed by atoms with Crippen LogP contribution in [0.15, 0.2) is 17.0 Å². The molecule has 2 rings (SSSR count). The second-order valence-corrected chi connectivity index (χ2v) is 7.95. The molecule has 0 saturated carbocycles. The smallest absolute Gasteiger partial charge is 0.263 e. The minimum absolute atomic E-state index is 0.126. The van der Waals surface area contributed by atoms with Crippen molar-refractivity contribution in [1.29, 1.82) is 0 Å². The van der Waals surface area contributed by atoms with Gasteiger partial charge in [0, 0.05) is 16.4 Å². The number of halogens is 1. The zero-order valence-electron chi connectivity index (χ0n) is 11.9. The summed E-state index contributed by atoms with van der Waals surface area (Å²) >= 11 is 7.28. The van der Waals surface area contributed by atoms with Gasteiger partial charge in [-0.15, -0.1) is 11.3 Å². The number of nitrogens with zero attached hydrogens (tertiary/aromatic N) is 1. The molecule has 0 aliphatic carbocycles. The first-order chi connectivity index (χ1) is 9.74. The van der Waals surface area contributed by atoms with Crippen molar-refractivity contribution in [2.75, 3.05) is 4.72 Å². The van der Waals surface area contributed by atoms with Gasteiger partial charge < -0.3 is 5.73 Å². The van der Waals surface area contributed by atoms with Crippen LogP contribution in [0, 0.1) is 20.8 Å². The van der Waals surface area contributed by atoms with E-state index in [0.717, 1.165) is 10.6 Å². The van der Waals surface area contributed by atoms with Crippen LogP contribution in [-0.4, -0.2) is 13.4 Å². The number of sulfonamides is 1. The van der Waals surface area contributed by atoms with Crippen molar-refractivity contribution in [3.05, 3.63) is 38.9 Å². The molecule has 0 atom stereocenters. The van der Waals surface area contributed by atoms with E-state index < -0.39 is 10.0 Å². The minimum Gasteiger partial charge on any atom is -0.326 e. The van der Waals surface area contributed by atoms with Crippen LogP contribution in [0.3, 0.4) is 0 Å². The molecule has 0 radical (unpaired) electrons. The Bertz CT molecular complexity index is 765. The number of hydrogen-bond donors (Lipinski definition) is 2. The molecule has 1 aromatic carbocycles. The summed E-state index contributed by atoms with van der Waals surface area (Å²) < 4.78 is 27.5. The van der Waals surface area contributed by atoms with Crippen LogP contribution in [0.4, 0.5) is 5.13 Å². The number of rotatable bonds is 4. The van der Waals surface area contributed by atoms with Crippen LogP contribution in [0.1, 0.15) is 21.7 Å². The fraction of sp³-hybridized carbons (Fsp3) is 0.308. The number of nitrogens with one attached hydrogen (secondary N) is 1. The third-order valence-corrected chi connectivity index (χ3v) is 5.99. The summed E-state index contributed by atoms with van der Waals surface area (Å²) in [6, 6.07) is 3.10. The van der Waals surface area contributed by atoms with Crippen molar-refractivity contribution < 1.29 is 8.42 Å². The third kappa shape index (κ3) is 3.37. The Labute approximate surface area is 133 Å². The number of nitrogens with two attached hydrogens (primary N) is 1. The van der Waals surface area contributed by atoms with Gasteiger partial charge in [-0.1, -0.05) is 11.6 Å². The Hall–Kier alpha value is -1.15. The first-order valence-electron chi connectivity index (χ1n) is 6.20. The Kier molecular flexibility index (Phi) is 4.57. The molecule has 0 unspecified atom stereocenters. The molecule has 0 spiro atoms. The summed E-state index contributed by atoms with van der Waals surface area (Å²) in [6.07, 6.45) is 0. The third-order valence-electron chi connectivity index (χ3n) is 3.19. The summed E-state index contributed by atoms with van der Waals surface area (Å²) in [5, 5.41) is 0.687. The monoisotopic (exact) mass is 345 g/mol. The second-order valence-electron chi connectivity index (χ2n) is 4.66. The van der Waals surface area contributed by atoms with E-state index in [4.69, 9.17) is 17.3 Å². The molecule has 5 nitrogen and oxygen atoms in total. The molecule has 0 fully saturated rings. The molecule has 1 aromatic heterocycles. The van der Waals surface area contributed by atoms with E-state index in [1.54, 1.807) is 13.0 Å². The lowest BCUT2D eigenvalue weighted by Gasteiger charge is -2.12. The first-order valence-corrected chi connectivity index (χ1v) is 8.88. The molecular weight excluding hydrogens is 330 g/mol. The fourth-order valence-corrected chi connectivity index (χ4v) is 4.55. The molecule has 0 aliphatic rings. The van der Waals surface area contributed by atoms with Gasteiger partial charge >= 0.3 is 0 Å². The summed E-state index contributed by atoms with van der Waals surface area (Å²) in [5.74, 6) is 0. The number of aromatic nitrogens is 1. The predicted octanol–water partition coefficient (Wildman–Crippen LogP) is 2.98. The van der Waals surface area contributed by atoms with Gasteiger partial charge in [0.2, 0.25) is 0 Å². The van der Waals surface area contributed by atoms with E-state index in [0.29, 0.717) is 21.3 Å². The van der Waals surface area contributed by atoms with E-state index in [9.17, 15) is 8.42 Å². The van der Waals surface area contributed by atoms with Crippen molar-refractivity contribution in [2.45, 2.75) is 32.2 Å². The quantitative estimate of drug-likeness (QED) is 0.892. The Balaban J connectivity index is 2.47. The highest BCUT2D eigenvalue weighted by atomic mass is 35.5. The van der Waals surface area contributed by atoms with E-state index in [1.165, 1.54) is 17.4 Å². The molecule has 21 heavy (non-hydrogen) atoms. The van der Waals surface area contributed by atoms with Crippen molar-refractivity contribution >= 4 is 38.1 Å². The lowest BCUT2D eigenvalue weighted by Crippen LogP contribution is -2.15. The van der Waals surface area contributed by atoms with E-state index in [2.05, 4.69) is 9.71 Å². The molecule has 0 bridgehead atoms. The minimum atomic E-state index is -3.74. The molecule has 2 aromatic rings. The van der Waals surface area contributed by atoms with Crippen LogP contribution >= 0.6 is 22.9 Å². The second kappa shape index (κ2) is 5.92. The summed E-state index contributed by atoms with van der Waals surface area (Å²) in [5.41, 5.74) is 7.73. The molecule has 0 aliphatic heterocycles. The zero-order valence-corrected chi connectivity index (χ0v) is 14.3. The van der Waals surface area contributed by atoms with Crippen LogP contribution in [0.5, 0.6) is 0 Å². The highest BCUT2D eigenvalue weighted by Crippen LogP contribution is 2.28. The van der Waals surface area contributed by atoms with E-state index >= 15 is 0 Å². The SMILES string of the molecule is Cc1nc(NS(=O)(=O)c2cc(Cl)cc(CN)c2C)sc1C. The fourth-order valence-electron chi connectivity index (χ4n) is 1.89. The van der Waals surface area contributed by atoms with Crippen LogP contribution in [0.25, 0.3) is 0 Å². The lowest BCUT2D eigenvalue weighted by atomic mass is 10.1. The van der Waals surface area contributed by atoms with Crippen molar-refractivity contribution in [3.8, 4) is 0 Å². The molecule has 0 amide bonds. The average molecular weight is 346 g/mol. The van der Waals surface area contributed by atoms with Gasteiger partial charge in [-0.2, -0.15) is 0 Å². The van der Waals surface area contributed by atoms with Gasteiger partial charge in [0.1, 0.15) is 0 Å². The molecule has 8 heteroatoms. The van der Waals surface area contributed by atoms with Crippen molar-refractivity contribution in [3.63, 3.8) is 0 Å². The molecule has 114 valence electrons. The van der Waals surface area contributed by atoms with Crippen molar-refractivity contribution in [2.24, 2.45) is 5.73 Å². The number of aryl methyl sites for hydroxylation is 2. The maximum atomic E-state index is 12.5. The van der Waals surface area contributed by atoms with Gasteiger partial charge in [0.25, 0.3) is 10.0 Å². The van der Waals surface area contributed by atoms with Gasteiger partial charge in [-0.3, -0.25) is 4.72 Å². The van der Waals surface area contributed by atoms with Crippen LogP contribution in [0.2, 0.25) is 5.02 Å². The number of thiazole rings is 1. The highest BCUT2D eigenvalue weighted by molar-refractivity contribution is 7.93. The Morgan fingerprint density at radius 3 is 2.52 bits per heavy atom. The van der Waals surface area contributed by atoms with Crippen LogP contribution < -0.4 is 10.5 Å². The van der Waals surface area contributed by atoms with Gasteiger partial charge in [0.05, 0.1) is 10.6 Å². The normalized spacial score (nSPS) is 11.7. The summed E-state index contributed by atoms with van der Waals surface area (Å²) in [4.78, 5) is 5.28. The van der Waals surface area contributed by atoms with E-state index in [-0.39, 0.29) is 11.4 Å². The molecule has 0 saturated heterocycles. The summed E-state index contributed by atoms with van der Waals surface area (Å²) in [6.45, 7) is 5.67. The standard InChI is InChI=1S/C13H16ClN3O2S2/c1-7-10(6-15)4-11(14)5-12(7)21(18,19)17-13-16-8(2)9(3)20-13/h4-5H,6,15H2,1-3H3,(H,16,17). The zero-order chi connectivity index (χ0) is 15.8.